The fraction of sp³-hybridized carbons (Fsp3) is 0.800. The van der Waals surface area contributed by atoms with Crippen LogP contribution in [0, 0.1) is 11.8 Å². The van der Waals surface area contributed by atoms with Gasteiger partial charge in [-0.2, -0.15) is 0 Å². The van der Waals surface area contributed by atoms with E-state index >= 15 is 0 Å². The molecule has 80 valence electrons. The smallest absolute Gasteiger partial charge is 0.320 e. The molecule has 3 atom stereocenters. The number of cyclic esters (lactones) is 2. The highest BCUT2D eigenvalue weighted by Gasteiger charge is 2.45. The molecule has 0 saturated carbocycles. The van der Waals surface area contributed by atoms with Gasteiger partial charge in [0.05, 0.1) is 17.9 Å². The van der Waals surface area contributed by atoms with Crippen molar-refractivity contribution in [2.24, 2.45) is 11.8 Å². The summed E-state index contributed by atoms with van der Waals surface area (Å²) in [5.41, 5.74) is 0. The number of esters is 2. The van der Waals surface area contributed by atoms with Gasteiger partial charge in [-0.25, -0.2) is 0 Å². The summed E-state index contributed by atoms with van der Waals surface area (Å²) in [5, 5.41) is 0. The highest BCUT2D eigenvalue weighted by Crippen LogP contribution is 2.29. The lowest BCUT2D eigenvalue weighted by Crippen LogP contribution is -2.31. The Hall–Kier alpha value is -0.900. The summed E-state index contributed by atoms with van der Waals surface area (Å²) in [5.74, 6) is -1.67. The normalized spacial score (nSPS) is 29.1. The maximum atomic E-state index is 11.3. The van der Waals surface area contributed by atoms with E-state index in [0.29, 0.717) is 13.0 Å². The van der Waals surface area contributed by atoms with E-state index in [1.54, 1.807) is 6.92 Å². The minimum absolute atomic E-state index is 0.200. The summed E-state index contributed by atoms with van der Waals surface area (Å²) in [6.07, 6.45) is 0.513. The molecule has 4 nitrogen and oxygen atoms in total. The standard InChI is InChI=1S/C10H16O4/c1-4-7(13-5-2)8-6(3)9(11)14-10(8)12/h6-8H,4-5H2,1-3H3. The van der Waals surface area contributed by atoms with Gasteiger partial charge in [0.1, 0.15) is 0 Å². The maximum absolute atomic E-state index is 11.3. The van der Waals surface area contributed by atoms with Crippen LogP contribution in [-0.2, 0) is 19.1 Å². The molecule has 1 heterocycles. The van der Waals surface area contributed by atoms with E-state index in [-0.39, 0.29) is 12.0 Å². The first-order valence-electron chi connectivity index (χ1n) is 4.98. The highest BCUT2D eigenvalue weighted by atomic mass is 16.6. The zero-order valence-corrected chi connectivity index (χ0v) is 8.78. The van der Waals surface area contributed by atoms with Gasteiger partial charge in [-0.1, -0.05) is 13.8 Å². The molecule has 0 spiro atoms. The number of hydrogen-bond donors (Lipinski definition) is 0. The van der Waals surface area contributed by atoms with E-state index in [0.717, 1.165) is 0 Å². The van der Waals surface area contributed by atoms with Crippen LogP contribution < -0.4 is 0 Å². The molecule has 3 unspecified atom stereocenters. The summed E-state index contributed by atoms with van der Waals surface area (Å²) >= 11 is 0. The second-order valence-electron chi connectivity index (χ2n) is 3.46. The molecule has 0 N–H and O–H groups in total. The fourth-order valence-corrected chi connectivity index (χ4v) is 1.77. The Morgan fingerprint density at radius 2 is 2.00 bits per heavy atom. The van der Waals surface area contributed by atoms with Crippen molar-refractivity contribution in [3.05, 3.63) is 0 Å². The van der Waals surface area contributed by atoms with E-state index in [1.165, 1.54) is 0 Å². The molecular weight excluding hydrogens is 184 g/mol. The van der Waals surface area contributed by atoms with Gasteiger partial charge >= 0.3 is 11.9 Å². The first-order valence-corrected chi connectivity index (χ1v) is 4.98. The Labute approximate surface area is 83.6 Å². The van der Waals surface area contributed by atoms with Gasteiger partial charge in [0.15, 0.2) is 0 Å². The Morgan fingerprint density at radius 3 is 2.36 bits per heavy atom. The van der Waals surface area contributed by atoms with E-state index in [2.05, 4.69) is 4.74 Å². The largest absolute Gasteiger partial charge is 0.393 e. The van der Waals surface area contributed by atoms with Gasteiger partial charge in [0.2, 0.25) is 0 Å². The second kappa shape index (κ2) is 4.55. The zero-order valence-electron chi connectivity index (χ0n) is 8.78. The van der Waals surface area contributed by atoms with Crippen LogP contribution in [0.2, 0.25) is 0 Å². The molecule has 0 aromatic rings. The molecule has 0 aromatic carbocycles. The van der Waals surface area contributed by atoms with Crippen molar-refractivity contribution >= 4 is 11.9 Å². The van der Waals surface area contributed by atoms with Gasteiger partial charge in [-0.05, 0) is 13.3 Å². The van der Waals surface area contributed by atoms with Crippen molar-refractivity contribution in [2.45, 2.75) is 33.3 Å². The van der Waals surface area contributed by atoms with Crippen molar-refractivity contribution in [3.63, 3.8) is 0 Å². The number of hydrogen-bond acceptors (Lipinski definition) is 4. The molecule has 0 aliphatic carbocycles. The molecule has 1 saturated heterocycles. The van der Waals surface area contributed by atoms with Crippen LogP contribution in [0.5, 0.6) is 0 Å². The molecular formula is C10H16O4. The molecule has 0 bridgehead atoms. The van der Waals surface area contributed by atoms with Crippen molar-refractivity contribution in [2.75, 3.05) is 6.61 Å². The van der Waals surface area contributed by atoms with Gasteiger partial charge in [0, 0.05) is 6.61 Å². The third-order valence-electron chi connectivity index (χ3n) is 2.57. The predicted octanol–water partition coefficient (Wildman–Crippen LogP) is 1.14. The lowest BCUT2D eigenvalue weighted by molar-refractivity contribution is -0.154. The first-order chi connectivity index (χ1) is 6.61. The van der Waals surface area contributed by atoms with E-state index in [1.807, 2.05) is 13.8 Å². The maximum Gasteiger partial charge on any atom is 0.320 e. The number of carbonyl (C=O) groups is 2. The molecule has 14 heavy (non-hydrogen) atoms. The van der Waals surface area contributed by atoms with Crippen LogP contribution >= 0.6 is 0 Å². The number of ether oxygens (including phenoxy) is 2. The fourth-order valence-electron chi connectivity index (χ4n) is 1.77. The summed E-state index contributed by atoms with van der Waals surface area (Å²) in [6, 6.07) is 0. The van der Waals surface area contributed by atoms with Crippen molar-refractivity contribution in [1.29, 1.82) is 0 Å². The van der Waals surface area contributed by atoms with Crippen LogP contribution in [0.25, 0.3) is 0 Å². The highest BCUT2D eigenvalue weighted by molar-refractivity contribution is 5.96. The third-order valence-corrected chi connectivity index (χ3v) is 2.57. The molecule has 0 radical (unpaired) electrons. The molecule has 0 aromatic heterocycles. The Balaban J connectivity index is 2.73. The lowest BCUT2D eigenvalue weighted by Gasteiger charge is -2.20. The van der Waals surface area contributed by atoms with E-state index in [9.17, 15) is 9.59 Å². The average Bonchev–Trinajstić information content (AvgIpc) is 2.39. The molecule has 4 heteroatoms. The summed E-state index contributed by atoms with van der Waals surface area (Å²) in [4.78, 5) is 22.5. The Morgan fingerprint density at radius 1 is 1.36 bits per heavy atom. The minimum atomic E-state index is -0.442. The SMILES string of the molecule is CCOC(CC)C1C(=O)OC(=O)C1C. The molecule has 1 aliphatic heterocycles. The quantitative estimate of drug-likeness (QED) is 0.504. The van der Waals surface area contributed by atoms with Crippen LogP contribution in [0.4, 0.5) is 0 Å². The topological polar surface area (TPSA) is 52.6 Å². The minimum Gasteiger partial charge on any atom is -0.393 e. The Bertz CT molecular complexity index is 236. The predicted molar refractivity (Wildman–Crippen MR) is 49.5 cm³/mol. The van der Waals surface area contributed by atoms with Gasteiger partial charge < -0.3 is 9.47 Å². The monoisotopic (exact) mass is 200 g/mol. The summed E-state index contributed by atoms with van der Waals surface area (Å²) in [6.45, 7) is 6.06. The van der Waals surface area contributed by atoms with Crippen molar-refractivity contribution < 1.29 is 19.1 Å². The lowest BCUT2D eigenvalue weighted by atomic mass is 9.90. The molecule has 1 aliphatic rings. The van der Waals surface area contributed by atoms with E-state index < -0.39 is 17.9 Å². The van der Waals surface area contributed by atoms with Gasteiger partial charge in [0.25, 0.3) is 0 Å². The first kappa shape index (κ1) is 11.2. The van der Waals surface area contributed by atoms with Crippen molar-refractivity contribution in [3.8, 4) is 0 Å². The molecule has 0 amide bonds. The molecule has 1 rings (SSSR count). The average molecular weight is 200 g/mol. The molecule has 1 fully saturated rings. The van der Waals surface area contributed by atoms with Crippen LogP contribution in [0.1, 0.15) is 27.2 Å². The number of carbonyl (C=O) groups excluding carboxylic acids is 2. The van der Waals surface area contributed by atoms with Crippen LogP contribution in [0.15, 0.2) is 0 Å². The second-order valence-corrected chi connectivity index (χ2v) is 3.46. The third kappa shape index (κ3) is 1.95. The van der Waals surface area contributed by atoms with Gasteiger partial charge in [-0.3, -0.25) is 9.59 Å². The Kier molecular flexibility index (Phi) is 3.63. The van der Waals surface area contributed by atoms with Gasteiger partial charge in [-0.15, -0.1) is 0 Å². The summed E-state index contributed by atoms with van der Waals surface area (Å²) in [7, 11) is 0. The zero-order chi connectivity index (χ0) is 10.7. The van der Waals surface area contributed by atoms with Crippen molar-refractivity contribution in [1.82, 2.24) is 0 Å². The summed E-state index contributed by atoms with van der Waals surface area (Å²) < 4.78 is 9.97. The number of rotatable bonds is 4. The van der Waals surface area contributed by atoms with E-state index in [4.69, 9.17) is 4.74 Å². The van der Waals surface area contributed by atoms with Crippen LogP contribution in [0.3, 0.4) is 0 Å². The van der Waals surface area contributed by atoms with Crippen LogP contribution in [-0.4, -0.2) is 24.6 Å².